The first-order valence-electron chi connectivity index (χ1n) is 5.90. The molecule has 5 heteroatoms. The summed E-state index contributed by atoms with van der Waals surface area (Å²) in [5.74, 6) is -0.662. The van der Waals surface area contributed by atoms with Crippen molar-refractivity contribution in [1.29, 1.82) is 0 Å². The van der Waals surface area contributed by atoms with Gasteiger partial charge >= 0.3 is 5.97 Å². The lowest BCUT2D eigenvalue weighted by Crippen LogP contribution is -2.36. The van der Waals surface area contributed by atoms with Crippen LogP contribution >= 0.6 is 15.9 Å². The van der Waals surface area contributed by atoms with Gasteiger partial charge in [-0.15, -0.1) is 6.58 Å². The molecule has 0 aliphatic carbocycles. The third-order valence-corrected chi connectivity index (χ3v) is 3.06. The van der Waals surface area contributed by atoms with Gasteiger partial charge in [-0.3, -0.25) is 9.59 Å². The highest BCUT2D eigenvalue weighted by atomic mass is 79.9. The minimum Gasteiger partial charge on any atom is -0.465 e. The first-order chi connectivity index (χ1) is 9.10. The van der Waals surface area contributed by atoms with Crippen LogP contribution in [-0.2, 0) is 9.53 Å². The number of hydrogen-bond acceptors (Lipinski definition) is 3. The van der Waals surface area contributed by atoms with Crippen LogP contribution in [0, 0.1) is 0 Å². The number of rotatable bonds is 6. The molecule has 0 radical (unpaired) electrons. The molecule has 0 aliphatic rings. The van der Waals surface area contributed by atoms with Crippen LogP contribution in [0.25, 0.3) is 0 Å². The molecule has 0 heterocycles. The summed E-state index contributed by atoms with van der Waals surface area (Å²) >= 11 is 3.32. The molecule has 0 aliphatic heterocycles. The van der Waals surface area contributed by atoms with E-state index in [1.54, 1.807) is 31.2 Å². The number of amides is 1. The Balaban J connectivity index is 2.87. The van der Waals surface area contributed by atoms with E-state index in [0.717, 1.165) is 0 Å². The van der Waals surface area contributed by atoms with Crippen LogP contribution in [0.5, 0.6) is 0 Å². The van der Waals surface area contributed by atoms with E-state index in [9.17, 15) is 9.59 Å². The Morgan fingerprint density at radius 2 is 2.11 bits per heavy atom. The normalized spacial score (nSPS) is 9.79. The largest absolute Gasteiger partial charge is 0.465 e. The predicted molar refractivity (Wildman–Crippen MR) is 76.9 cm³/mol. The molecule has 1 aromatic rings. The predicted octanol–water partition coefficient (Wildman–Crippen LogP) is 2.64. The highest BCUT2D eigenvalue weighted by molar-refractivity contribution is 9.10. The lowest BCUT2D eigenvalue weighted by molar-refractivity contribution is -0.143. The molecule has 19 heavy (non-hydrogen) atoms. The van der Waals surface area contributed by atoms with E-state index in [2.05, 4.69) is 22.5 Å². The maximum Gasteiger partial charge on any atom is 0.325 e. The lowest BCUT2D eigenvalue weighted by Gasteiger charge is -2.20. The van der Waals surface area contributed by atoms with Gasteiger partial charge in [0.25, 0.3) is 5.91 Å². The Morgan fingerprint density at radius 1 is 1.42 bits per heavy atom. The maximum atomic E-state index is 12.3. The number of carbonyl (C=O) groups is 2. The number of hydrogen-bond donors (Lipinski definition) is 0. The highest BCUT2D eigenvalue weighted by Gasteiger charge is 2.19. The second kappa shape index (κ2) is 7.74. The maximum absolute atomic E-state index is 12.3. The molecule has 102 valence electrons. The molecule has 0 saturated heterocycles. The van der Waals surface area contributed by atoms with E-state index in [-0.39, 0.29) is 12.5 Å². The summed E-state index contributed by atoms with van der Waals surface area (Å²) in [5, 5.41) is 0. The Morgan fingerprint density at radius 3 is 2.68 bits per heavy atom. The van der Waals surface area contributed by atoms with Crippen molar-refractivity contribution in [2.75, 3.05) is 19.7 Å². The van der Waals surface area contributed by atoms with Crippen LogP contribution in [0.3, 0.4) is 0 Å². The van der Waals surface area contributed by atoms with Gasteiger partial charge in [-0.1, -0.05) is 18.2 Å². The van der Waals surface area contributed by atoms with Gasteiger partial charge in [-0.2, -0.15) is 0 Å². The van der Waals surface area contributed by atoms with Gasteiger partial charge in [0.2, 0.25) is 0 Å². The molecule has 0 spiro atoms. The Hall–Kier alpha value is -1.62. The van der Waals surface area contributed by atoms with E-state index >= 15 is 0 Å². The SMILES string of the molecule is C=CCN(CC(=O)OCC)C(=O)c1ccccc1Br. The molecule has 0 fully saturated rings. The summed E-state index contributed by atoms with van der Waals surface area (Å²) in [4.78, 5) is 25.2. The monoisotopic (exact) mass is 325 g/mol. The second-order valence-electron chi connectivity index (χ2n) is 3.76. The third kappa shape index (κ3) is 4.52. The summed E-state index contributed by atoms with van der Waals surface area (Å²) < 4.78 is 5.55. The topological polar surface area (TPSA) is 46.6 Å². The van der Waals surface area contributed by atoms with Crippen molar-refractivity contribution in [3.63, 3.8) is 0 Å². The zero-order valence-electron chi connectivity index (χ0n) is 10.8. The molecule has 0 bridgehead atoms. The van der Waals surface area contributed by atoms with Gasteiger partial charge in [0.05, 0.1) is 12.2 Å². The highest BCUT2D eigenvalue weighted by Crippen LogP contribution is 2.17. The molecule has 0 aromatic heterocycles. The van der Waals surface area contributed by atoms with E-state index < -0.39 is 5.97 Å². The fourth-order valence-electron chi connectivity index (χ4n) is 1.54. The van der Waals surface area contributed by atoms with Crippen LogP contribution in [0.4, 0.5) is 0 Å². The van der Waals surface area contributed by atoms with Crippen molar-refractivity contribution in [3.05, 3.63) is 47.0 Å². The molecule has 0 saturated carbocycles. The molecule has 0 N–H and O–H groups in total. The van der Waals surface area contributed by atoms with Gasteiger partial charge in [-0.05, 0) is 35.0 Å². The zero-order valence-corrected chi connectivity index (χ0v) is 12.4. The second-order valence-corrected chi connectivity index (χ2v) is 4.61. The lowest BCUT2D eigenvalue weighted by atomic mass is 10.2. The summed E-state index contributed by atoms with van der Waals surface area (Å²) in [6, 6.07) is 7.08. The van der Waals surface area contributed by atoms with Gasteiger partial charge in [0.1, 0.15) is 6.54 Å². The first kappa shape index (κ1) is 15.4. The van der Waals surface area contributed by atoms with Gasteiger partial charge in [-0.25, -0.2) is 0 Å². The quantitative estimate of drug-likeness (QED) is 0.596. The number of nitrogens with zero attached hydrogens (tertiary/aromatic N) is 1. The third-order valence-electron chi connectivity index (χ3n) is 2.37. The number of halogens is 1. The first-order valence-corrected chi connectivity index (χ1v) is 6.69. The van der Waals surface area contributed by atoms with Crippen molar-refractivity contribution in [2.24, 2.45) is 0 Å². The summed E-state index contributed by atoms with van der Waals surface area (Å²) in [6.45, 7) is 5.83. The number of benzene rings is 1. The van der Waals surface area contributed by atoms with Crippen molar-refractivity contribution in [1.82, 2.24) is 4.90 Å². The Labute approximate surface area is 121 Å². The van der Waals surface area contributed by atoms with Crippen molar-refractivity contribution >= 4 is 27.8 Å². The molecule has 1 aromatic carbocycles. The number of carbonyl (C=O) groups excluding carboxylic acids is 2. The van der Waals surface area contributed by atoms with Crippen LogP contribution in [0.15, 0.2) is 41.4 Å². The van der Waals surface area contributed by atoms with Gasteiger partial charge in [0, 0.05) is 11.0 Å². The Bertz CT molecular complexity index is 474. The molecular weight excluding hydrogens is 310 g/mol. The Kier molecular flexibility index (Phi) is 6.29. The average Bonchev–Trinajstić information content (AvgIpc) is 2.38. The summed E-state index contributed by atoms with van der Waals surface area (Å²) in [6.07, 6.45) is 1.58. The van der Waals surface area contributed by atoms with E-state index in [1.165, 1.54) is 4.90 Å². The summed E-state index contributed by atoms with van der Waals surface area (Å²) in [7, 11) is 0. The molecule has 0 unspecified atom stereocenters. The number of ether oxygens (including phenoxy) is 1. The van der Waals surface area contributed by atoms with Gasteiger partial charge in [0.15, 0.2) is 0 Å². The standard InChI is InChI=1S/C14H16BrNO3/c1-3-9-16(10-13(17)19-4-2)14(18)11-7-5-6-8-12(11)15/h3,5-8H,1,4,9-10H2,2H3. The van der Waals surface area contributed by atoms with E-state index in [4.69, 9.17) is 4.74 Å². The summed E-state index contributed by atoms with van der Waals surface area (Å²) in [5.41, 5.74) is 0.508. The minimum atomic E-state index is -0.426. The average molecular weight is 326 g/mol. The van der Waals surface area contributed by atoms with Gasteiger partial charge < -0.3 is 9.64 Å². The fraction of sp³-hybridized carbons (Fsp3) is 0.286. The smallest absolute Gasteiger partial charge is 0.325 e. The van der Waals surface area contributed by atoms with Crippen LogP contribution in [0.2, 0.25) is 0 Å². The van der Waals surface area contributed by atoms with Crippen LogP contribution < -0.4 is 0 Å². The molecule has 1 amide bonds. The zero-order chi connectivity index (χ0) is 14.3. The fourth-order valence-corrected chi connectivity index (χ4v) is 2.00. The molecular formula is C14H16BrNO3. The van der Waals surface area contributed by atoms with E-state index in [0.29, 0.717) is 23.2 Å². The van der Waals surface area contributed by atoms with Crippen LogP contribution in [-0.4, -0.2) is 36.5 Å². The van der Waals surface area contributed by atoms with Crippen LogP contribution in [0.1, 0.15) is 17.3 Å². The molecule has 1 rings (SSSR count). The molecule has 0 atom stereocenters. The van der Waals surface area contributed by atoms with Crippen molar-refractivity contribution < 1.29 is 14.3 Å². The minimum absolute atomic E-state index is 0.0833. The molecule has 4 nitrogen and oxygen atoms in total. The van der Waals surface area contributed by atoms with Crippen molar-refractivity contribution in [2.45, 2.75) is 6.92 Å². The van der Waals surface area contributed by atoms with E-state index in [1.807, 2.05) is 6.07 Å². The van der Waals surface area contributed by atoms with Crippen molar-refractivity contribution in [3.8, 4) is 0 Å². The number of esters is 1.